The Morgan fingerprint density at radius 1 is 1.00 bits per heavy atom. The molecular weight excluding hydrogens is 319 g/mol. The molecule has 6 heteroatoms. The molecule has 1 heterocycles. The lowest BCUT2D eigenvalue weighted by molar-refractivity contribution is 0.102. The number of carbonyl (C=O) groups is 1. The Hall–Kier alpha value is -3.28. The number of aromatic nitrogens is 2. The average molecular weight is 336 g/mol. The largest absolute Gasteiger partial charge is 0.339 e. The molecule has 0 atom stereocenters. The van der Waals surface area contributed by atoms with Gasteiger partial charge in [0.15, 0.2) is 0 Å². The second-order valence-corrected chi connectivity index (χ2v) is 5.66. The van der Waals surface area contributed by atoms with Crippen LogP contribution in [0.2, 0.25) is 0 Å². The maximum Gasteiger partial charge on any atom is 0.275 e. The smallest absolute Gasteiger partial charge is 0.275 e. The molecule has 3 aromatic rings. The molecule has 2 aromatic carbocycles. The number of halogens is 1. The van der Waals surface area contributed by atoms with Gasteiger partial charge in [0, 0.05) is 5.69 Å². The molecule has 0 aliphatic heterocycles. The summed E-state index contributed by atoms with van der Waals surface area (Å²) in [6, 6.07) is 12.0. The SMILES string of the molecule is Cc1ccc(C)c(Nc2cnc(C(=O)Nc3ccccc3F)cn2)c1. The summed E-state index contributed by atoms with van der Waals surface area (Å²) < 4.78 is 13.6. The van der Waals surface area contributed by atoms with E-state index in [4.69, 9.17) is 0 Å². The number of amides is 1. The zero-order valence-electron chi connectivity index (χ0n) is 13.9. The van der Waals surface area contributed by atoms with Crippen LogP contribution >= 0.6 is 0 Å². The Labute approximate surface area is 145 Å². The van der Waals surface area contributed by atoms with Crippen molar-refractivity contribution in [3.63, 3.8) is 0 Å². The fraction of sp³-hybridized carbons (Fsp3) is 0.105. The first-order valence-corrected chi connectivity index (χ1v) is 7.75. The minimum Gasteiger partial charge on any atom is -0.339 e. The quantitative estimate of drug-likeness (QED) is 0.748. The highest BCUT2D eigenvalue weighted by Gasteiger charge is 2.11. The molecule has 0 unspecified atom stereocenters. The van der Waals surface area contributed by atoms with Crippen molar-refractivity contribution in [2.75, 3.05) is 10.6 Å². The highest BCUT2D eigenvalue weighted by Crippen LogP contribution is 2.20. The summed E-state index contributed by atoms with van der Waals surface area (Å²) in [6.07, 6.45) is 2.82. The van der Waals surface area contributed by atoms with Crippen molar-refractivity contribution in [2.24, 2.45) is 0 Å². The highest BCUT2D eigenvalue weighted by molar-refractivity contribution is 6.02. The fourth-order valence-electron chi connectivity index (χ4n) is 2.27. The number of nitrogens with one attached hydrogen (secondary N) is 2. The molecule has 1 amide bonds. The van der Waals surface area contributed by atoms with E-state index in [1.807, 2.05) is 32.0 Å². The van der Waals surface area contributed by atoms with Gasteiger partial charge in [-0.1, -0.05) is 24.3 Å². The maximum absolute atomic E-state index is 13.6. The molecule has 5 nitrogen and oxygen atoms in total. The molecular formula is C19H17FN4O. The summed E-state index contributed by atoms with van der Waals surface area (Å²) in [5.41, 5.74) is 3.34. The molecule has 3 rings (SSSR count). The summed E-state index contributed by atoms with van der Waals surface area (Å²) in [7, 11) is 0. The van der Waals surface area contributed by atoms with Crippen molar-refractivity contribution in [1.29, 1.82) is 0 Å². The predicted molar refractivity (Wildman–Crippen MR) is 95.6 cm³/mol. The molecule has 126 valence electrons. The number of benzene rings is 2. The van der Waals surface area contributed by atoms with Gasteiger partial charge in [-0.2, -0.15) is 0 Å². The van der Waals surface area contributed by atoms with E-state index < -0.39 is 11.7 Å². The van der Waals surface area contributed by atoms with Gasteiger partial charge in [0.25, 0.3) is 5.91 Å². The van der Waals surface area contributed by atoms with Gasteiger partial charge in [-0.25, -0.2) is 14.4 Å². The van der Waals surface area contributed by atoms with Crippen molar-refractivity contribution in [3.8, 4) is 0 Å². The first kappa shape index (κ1) is 16.6. The second-order valence-electron chi connectivity index (χ2n) is 5.66. The Kier molecular flexibility index (Phi) is 4.70. The second kappa shape index (κ2) is 7.09. The summed E-state index contributed by atoms with van der Waals surface area (Å²) in [5.74, 6) is -0.496. The van der Waals surface area contributed by atoms with Crippen LogP contribution in [0.25, 0.3) is 0 Å². The Morgan fingerprint density at radius 2 is 1.80 bits per heavy atom. The average Bonchev–Trinajstić information content (AvgIpc) is 2.61. The molecule has 1 aromatic heterocycles. The lowest BCUT2D eigenvalue weighted by Gasteiger charge is -2.10. The van der Waals surface area contributed by atoms with Crippen molar-refractivity contribution < 1.29 is 9.18 Å². The van der Waals surface area contributed by atoms with Crippen LogP contribution in [0, 0.1) is 19.7 Å². The number of rotatable bonds is 4. The van der Waals surface area contributed by atoms with Gasteiger partial charge in [0.1, 0.15) is 17.3 Å². The number of nitrogens with zero attached hydrogens (tertiary/aromatic N) is 2. The Balaban J connectivity index is 1.72. The van der Waals surface area contributed by atoms with E-state index in [-0.39, 0.29) is 11.4 Å². The molecule has 25 heavy (non-hydrogen) atoms. The van der Waals surface area contributed by atoms with Gasteiger partial charge in [-0.05, 0) is 43.2 Å². The van der Waals surface area contributed by atoms with Gasteiger partial charge < -0.3 is 10.6 Å². The van der Waals surface area contributed by atoms with Gasteiger partial charge >= 0.3 is 0 Å². The molecule has 0 spiro atoms. The Bertz CT molecular complexity index is 910. The van der Waals surface area contributed by atoms with Crippen LogP contribution in [0.15, 0.2) is 54.9 Å². The van der Waals surface area contributed by atoms with Crippen LogP contribution in [0.5, 0.6) is 0 Å². The number of para-hydroxylation sites is 1. The summed E-state index contributed by atoms with van der Waals surface area (Å²) >= 11 is 0. The van der Waals surface area contributed by atoms with Crippen LogP contribution in [-0.2, 0) is 0 Å². The number of aryl methyl sites for hydroxylation is 2. The molecule has 0 saturated heterocycles. The normalized spacial score (nSPS) is 10.4. The summed E-state index contributed by atoms with van der Waals surface area (Å²) in [6.45, 7) is 4.00. The molecule has 0 fully saturated rings. The van der Waals surface area contributed by atoms with Gasteiger partial charge in [0.05, 0.1) is 18.1 Å². The van der Waals surface area contributed by atoms with E-state index in [1.165, 1.54) is 24.5 Å². The van der Waals surface area contributed by atoms with E-state index in [0.717, 1.165) is 16.8 Å². The topological polar surface area (TPSA) is 66.9 Å². The molecule has 0 radical (unpaired) electrons. The zero-order valence-corrected chi connectivity index (χ0v) is 13.9. The van der Waals surface area contributed by atoms with Crippen molar-refractivity contribution in [1.82, 2.24) is 9.97 Å². The van der Waals surface area contributed by atoms with E-state index >= 15 is 0 Å². The summed E-state index contributed by atoms with van der Waals surface area (Å²) in [4.78, 5) is 20.4. The molecule has 0 bridgehead atoms. The maximum atomic E-state index is 13.6. The first-order valence-electron chi connectivity index (χ1n) is 7.75. The standard InChI is InChI=1S/C19H17FN4O/c1-12-7-8-13(2)16(9-12)23-18-11-21-17(10-22-18)19(25)24-15-6-4-3-5-14(15)20/h3-11H,1-2H3,(H,22,23)(H,24,25). The number of hydrogen-bond acceptors (Lipinski definition) is 4. The lowest BCUT2D eigenvalue weighted by Crippen LogP contribution is -2.15. The van der Waals surface area contributed by atoms with E-state index in [0.29, 0.717) is 5.82 Å². The van der Waals surface area contributed by atoms with E-state index in [1.54, 1.807) is 12.1 Å². The third-order valence-electron chi connectivity index (χ3n) is 3.66. The van der Waals surface area contributed by atoms with Crippen LogP contribution < -0.4 is 10.6 Å². The van der Waals surface area contributed by atoms with Crippen LogP contribution in [0.3, 0.4) is 0 Å². The predicted octanol–water partition coefficient (Wildman–Crippen LogP) is 4.23. The first-order chi connectivity index (χ1) is 12.0. The minimum absolute atomic E-state index is 0.104. The highest BCUT2D eigenvalue weighted by atomic mass is 19.1. The monoisotopic (exact) mass is 336 g/mol. The van der Waals surface area contributed by atoms with Gasteiger partial charge in [-0.15, -0.1) is 0 Å². The fourth-order valence-corrected chi connectivity index (χ4v) is 2.27. The minimum atomic E-state index is -0.518. The molecule has 2 N–H and O–H groups in total. The lowest BCUT2D eigenvalue weighted by atomic mass is 10.1. The van der Waals surface area contributed by atoms with Gasteiger partial charge in [-0.3, -0.25) is 4.79 Å². The molecule has 0 aliphatic carbocycles. The van der Waals surface area contributed by atoms with Gasteiger partial charge in [0.2, 0.25) is 0 Å². The van der Waals surface area contributed by atoms with Crippen LogP contribution in [0.4, 0.5) is 21.6 Å². The van der Waals surface area contributed by atoms with Crippen LogP contribution in [-0.4, -0.2) is 15.9 Å². The number of carbonyl (C=O) groups excluding carboxylic acids is 1. The van der Waals surface area contributed by atoms with E-state index in [9.17, 15) is 9.18 Å². The van der Waals surface area contributed by atoms with Crippen LogP contribution in [0.1, 0.15) is 21.6 Å². The van der Waals surface area contributed by atoms with Crippen molar-refractivity contribution >= 4 is 23.1 Å². The number of hydrogen-bond donors (Lipinski definition) is 2. The third-order valence-corrected chi connectivity index (χ3v) is 3.66. The molecule has 0 aliphatic rings. The van der Waals surface area contributed by atoms with Crippen molar-refractivity contribution in [3.05, 3.63) is 77.5 Å². The van der Waals surface area contributed by atoms with Crippen molar-refractivity contribution in [2.45, 2.75) is 13.8 Å². The third kappa shape index (κ3) is 3.98. The zero-order chi connectivity index (χ0) is 17.8. The number of anilines is 3. The molecule has 0 saturated carbocycles. The Morgan fingerprint density at radius 3 is 2.52 bits per heavy atom. The van der Waals surface area contributed by atoms with E-state index in [2.05, 4.69) is 20.6 Å². The summed E-state index contributed by atoms with van der Waals surface area (Å²) in [5, 5.41) is 5.65.